The van der Waals surface area contributed by atoms with Crippen molar-refractivity contribution in [1.29, 1.82) is 0 Å². The van der Waals surface area contributed by atoms with E-state index in [1.807, 2.05) is 12.1 Å². The Kier molecular flexibility index (Phi) is 5.55. The average Bonchev–Trinajstić information content (AvgIpc) is 2.51. The van der Waals surface area contributed by atoms with Gasteiger partial charge in [0.25, 0.3) is 0 Å². The van der Waals surface area contributed by atoms with E-state index in [-0.39, 0.29) is 5.82 Å². The summed E-state index contributed by atoms with van der Waals surface area (Å²) in [6, 6.07) is 10.7. The second-order valence-corrected chi connectivity index (χ2v) is 4.93. The summed E-state index contributed by atoms with van der Waals surface area (Å²) in [5.41, 5.74) is 2.01. The highest BCUT2D eigenvalue weighted by atomic mass is 19.1. The summed E-state index contributed by atoms with van der Waals surface area (Å²) >= 11 is 0. The molecule has 0 aliphatic heterocycles. The molecule has 1 N–H and O–H groups in total. The van der Waals surface area contributed by atoms with Crippen LogP contribution in [0.15, 0.2) is 42.6 Å². The van der Waals surface area contributed by atoms with Crippen LogP contribution in [0.4, 0.5) is 15.9 Å². The van der Waals surface area contributed by atoms with Crippen LogP contribution in [-0.2, 0) is 6.54 Å². The van der Waals surface area contributed by atoms with E-state index in [1.54, 1.807) is 18.3 Å². The molecule has 4 heteroatoms. The lowest BCUT2D eigenvalue weighted by molar-refractivity contribution is 0.626. The summed E-state index contributed by atoms with van der Waals surface area (Å²) in [6.45, 7) is 6.61. The second kappa shape index (κ2) is 7.62. The Hall–Kier alpha value is -2.10. The maximum atomic E-state index is 13.4. The van der Waals surface area contributed by atoms with Gasteiger partial charge in [-0.1, -0.05) is 19.1 Å². The SMILES string of the molecule is CCCNc1ncccc1CN(CC)c1cccc(F)c1. The fraction of sp³-hybridized carbons (Fsp3) is 0.353. The van der Waals surface area contributed by atoms with E-state index in [9.17, 15) is 4.39 Å². The molecule has 0 radical (unpaired) electrons. The van der Waals surface area contributed by atoms with Crippen molar-refractivity contribution in [3.63, 3.8) is 0 Å². The van der Waals surface area contributed by atoms with Crippen LogP contribution in [-0.4, -0.2) is 18.1 Å². The van der Waals surface area contributed by atoms with Gasteiger partial charge < -0.3 is 10.2 Å². The van der Waals surface area contributed by atoms with E-state index in [4.69, 9.17) is 0 Å². The third kappa shape index (κ3) is 4.18. The van der Waals surface area contributed by atoms with E-state index in [0.717, 1.165) is 36.6 Å². The molecule has 0 saturated heterocycles. The minimum atomic E-state index is -0.207. The molecule has 1 heterocycles. The topological polar surface area (TPSA) is 28.2 Å². The van der Waals surface area contributed by atoms with Crippen molar-refractivity contribution in [2.24, 2.45) is 0 Å². The fourth-order valence-corrected chi connectivity index (χ4v) is 2.23. The molecule has 0 bridgehead atoms. The van der Waals surface area contributed by atoms with Crippen LogP contribution < -0.4 is 10.2 Å². The first-order valence-corrected chi connectivity index (χ1v) is 7.42. The lowest BCUT2D eigenvalue weighted by atomic mass is 10.2. The molecule has 3 nitrogen and oxygen atoms in total. The first-order chi connectivity index (χ1) is 10.2. The molecule has 2 aromatic rings. The normalized spacial score (nSPS) is 10.4. The number of aromatic nitrogens is 1. The summed E-state index contributed by atoms with van der Waals surface area (Å²) in [6.07, 6.45) is 2.84. The van der Waals surface area contributed by atoms with E-state index in [1.165, 1.54) is 6.07 Å². The van der Waals surface area contributed by atoms with Crippen molar-refractivity contribution in [3.05, 3.63) is 54.0 Å². The van der Waals surface area contributed by atoms with Crippen LogP contribution in [0, 0.1) is 5.82 Å². The molecule has 21 heavy (non-hydrogen) atoms. The van der Waals surface area contributed by atoms with Crippen molar-refractivity contribution in [2.45, 2.75) is 26.8 Å². The van der Waals surface area contributed by atoms with Gasteiger partial charge in [0.15, 0.2) is 0 Å². The van der Waals surface area contributed by atoms with Gasteiger partial charge in [-0.25, -0.2) is 9.37 Å². The zero-order valence-corrected chi connectivity index (χ0v) is 12.6. The Labute approximate surface area is 125 Å². The molecule has 0 saturated carbocycles. The number of halogens is 1. The van der Waals surface area contributed by atoms with Crippen molar-refractivity contribution < 1.29 is 4.39 Å². The first kappa shape index (κ1) is 15.3. The molecule has 1 aromatic carbocycles. The highest BCUT2D eigenvalue weighted by molar-refractivity contribution is 5.51. The van der Waals surface area contributed by atoms with Crippen molar-refractivity contribution >= 4 is 11.5 Å². The predicted octanol–water partition coefficient (Wildman–Crippen LogP) is 4.07. The highest BCUT2D eigenvalue weighted by Crippen LogP contribution is 2.21. The standard InChI is InChI=1S/C17H22FN3/c1-3-10-19-17-14(7-6-11-20-17)13-21(4-2)16-9-5-8-15(18)12-16/h5-9,11-12H,3-4,10,13H2,1-2H3,(H,19,20). The Morgan fingerprint density at radius 1 is 1.19 bits per heavy atom. The number of rotatable bonds is 7. The van der Waals surface area contributed by atoms with E-state index in [0.29, 0.717) is 6.54 Å². The smallest absolute Gasteiger partial charge is 0.130 e. The summed E-state index contributed by atoms with van der Waals surface area (Å²) in [7, 11) is 0. The molecular weight excluding hydrogens is 265 g/mol. The third-order valence-electron chi connectivity index (χ3n) is 3.35. The lowest BCUT2D eigenvalue weighted by Crippen LogP contribution is -2.23. The molecule has 2 rings (SSSR count). The fourth-order valence-electron chi connectivity index (χ4n) is 2.23. The van der Waals surface area contributed by atoms with Gasteiger partial charge in [0.1, 0.15) is 11.6 Å². The minimum absolute atomic E-state index is 0.207. The number of hydrogen-bond acceptors (Lipinski definition) is 3. The van der Waals surface area contributed by atoms with Crippen molar-refractivity contribution in [3.8, 4) is 0 Å². The zero-order chi connectivity index (χ0) is 15.1. The summed E-state index contributed by atoms with van der Waals surface area (Å²) in [4.78, 5) is 6.54. The van der Waals surface area contributed by atoms with Crippen LogP contribution in [0.5, 0.6) is 0 Å². The van der Waals surface area contributed by atoms with Crippen LogP contribution in [0.2, 0.25) is 0 Å². The van der Waals surface area contributed by atoms with Gasteiger partial charge in [0, 0.05) is 37.1 Å². The molecule has 0 atom stereocenters. The molecule has 0 aliphatic carbocycles. The number of anilines is 2. The molecule has 1 aromatic heterocycles. The second-order valence-electron chi connectivity index (χ2n) is 4.93. The molecule has 112 valence electrons. The first-order valence-electron chi connectivity index (χ1n) is 7.42. The largest absolute Gasteiger partial charge is 0.370 e. The summed E-state index contributed by atoms with van der Waals surface area (Å²) in [5, 5.41) is 3.34. The Balaban J connectivity index is 2.18. The number of pyridine rings is 1. The van der Waals surface area contributed by atoms with Crippen LogP contribution in [0.25, 0.3) is 0 Å². The maximum absolute atomic E-state index is 13.4. The summed E-state index contributed by atoms with van der Waals surface area (Å²) in [5.74, 6) is 0.704. The van der Waals surface area contributed by atoms with Gasteiger partial charge in [-0.3, -0.25) is 0 Å². The van der Waals surface area contributed by atoms with Gasteiger partial charge in [0.2, 0.25) is 0 Å². The number of nitrogens with one attached hydrogen (secondary N) is 1. The average molecular weight is 287 g/mol. The lowest BCUT2D eigenvalue weighted by Gasteiger charge is -2.24. The van der Waals surface area contributed by atoms with Gasteiger partial charge in [0.05, 0.1) is 0 Å². The molecule has 0 amide bonds. The maximum Gasteiger partial charge on any atom is 0.130 e. The van der Waals surface area contributed by atoms with E-state index >= 15 is 0 Å². The van der Waals surface area contributed by atoms with Gasteiger partial charge in [-0.05, 0) is 37.6 Å². The number of hydrogen-bond donors (Lipinski definition) is 1. The van der Waals surface area contributed by atoms with Crippen LogP contribution in [0.3, 0.4) is 0 Å². The monoisotopic (exact) mass is 287 g/mol. The van der Waals surface area contributed by atoms with E-state index < -0.39 is 0 Å². The molecule has 0 unspecified atom stereocenters. The van der Waals surface area contributed by atoms with Gasteiger partial charge in [-0.15, -0.1) is 0 Å². The van der Waals surface area contributed by atoms with Crippen molar-refractivity contribution in [2.75, 3.05) is 23.3 Å². The van der Waals surface area contributed by atoms with Gasteiger partial charge >= 0.3 is 0 Å². The molecule has 0 aliphatic rings. The van der Waals surface area contributed by atoms with Crippen molar-refractivity contribution in [1.82, 2.24) is 4.98 Å². The molecular formula is C17H22FN3. The van der Waals surface area contributed by atoms with Gasteiger partial charge in [-0.2, -0.15) is 0 Å². The predicted molar refractivity (Wildman–Crippen MR) is 86.1 cm³/mol. The quantitative estimate of drug-likeness (QED) is 0.832. The van der Waals surface area contributed by atoms with E-state index in [2.05, 4.69) is 35.1 Å². The highest BCUT2D eigenvalue weighted by Gasteiger charge is 2.10. The van der Waals surface area contributed by atoms with Crippen LogP contribution >= 0.6 is 0 Å². The Morgan fingerprint density at radius 3 is 2.76 bits per heavy atom. The summed E-state index contributed by atoms with van der Waals surface area (Å²) < 4.78 is 13.4. The van der Waals surface area contributed by atoms with Crippen LogP contribution in [0.1, 0.15) is 25.8 Å². The molecule has 0 fully saturated rings. The Morgan fingerprint density at radius 2 is 2.05 bits per heavy atom. The number of benzene rings is 1. The third-order valence-corrected chi connectivity index (χ3v) is 3.35. The zero-order valence-electron chi connectivity index (χ0n) is 12.6. The minimum Gasteiger partial charge on any atom is -0.370 e. The Bertz CT molecular complexity index is 571. The number of nitrogens with zero attached hydrogens (tertiary/aromatic N) is 2. The molecule has 0 spiro atoms.